The molecule has 2 N–H and O–H groups in total. The lowest BCUT2D eigenvalue weighted by atomic mass is 10.1. The number of thiocarbonyl (C=S) groups is 1. The Morgan fingerprint density at radius 3 is 2.87 bits per heavy atom. The molecule has 0 fully saturated rings. The van der Waals surface area contributed by atoms with Crippen molar-refractivity contribution in [1.29, 1.82) is 0 Å². The van der Waals surface area contributed by atoms with E-state index >= 15 is 0 Å². The molecular formula is C18H19N3S2. The van der Waals surface area contributed by atoms with Crippen LogP contribution in [-0.4, -0.2) is 15.5 Å². The van der Waals surface area contributed by atoms with Crippen molar-refractivity contribution in [3.05, 3.63) is 60.3 Å². The van der Waals surface area contributed by atoms with Crippen molar-refractivity contribution in [2.24, 2.45) is 0 Å². The maximum atomic E-state index is 5.41. The zero-order valence-electron chi connectivity index (χ0n) is 13.0. The van der Waals surface area contributed by atoms with Crippen LogP contribution >= 0.6 is 23.8 Å². The van der Waals surface area contributed by atoms with Gasteiger partial charge in [0.25, 0.3) is 0 Å². The maximum Gasteiger partial charge on any atom is 0.170 e. The summed E-state index contributed by atoms with van der Waals surface area (Å²) in [4.78, 5) is 0. The van der Waals surface area contributed by atoms with Gasteiger partial charge in [0, 0.05) is 23.3 Å². The zero-order valence-corrected chi connectivity index (χ0v) is 14.6. The highest BCUT2D eigenvalue weighted by Gasteiger charge is 2.06. The first kappa shape index (κ1) is 15.9. The van der Waals surface area contributed by atoms with Gasteiger partial charge in [-0.2, -0.15) is 4.37 Å². The number of fused-ring (bicyclic) bond motifs is 1. The fraction of sp³-hybridized carbons (Fsp3) is 0.222. The SMILES string of the molecule is C[C@H](CCc1ccccc1)NC(=S)Nc1ccc2sncc2c1. The second-order valence-electron chi connectivity index (χ2n) is 5.60. The molecule has 0 saturated carbocycles. The predicted octanol–water partition coefficient (Wildman–Crippen LogP) is 4.60. The van der Waals surface area contributed by atoms with Crippen molar-refractivity contribution in [3.63, 3.8) is 0 Å². The topological polar surface area (TPSA) is 37.0 Å². The molecule has 0 aliphatic carbocycles. The third kappa shape index (κ3) is 4.50. The maximum absolute atomic E-state index is 5.41. The molecule has 0 radical (unpaired) electrons. The molecule has 1 atom stereocenters. The van der Waals surface area contributed by atoms with Gasteiger partial charge in [0.2, 0.25) is 0 Å². The molecule has 5 heteroatoms. The Hall–Kier alpha value is -1.98. The van der Waals surface area contributed by atoms with E-state index in [0.29, 0.717) is 11.2 Å². The smallest absolute Gasteiger partial charge is 0.170 e. The van der Waals surface area contributed by atoms with E-state index in [1.54, 1.807) is 0 Å². The van der Waals surface area contributed by atoms with E-state index in [1.807, 2.05) is 18.3 Å². The summed E-state index contributed by atoms with van der Waals surface area (Å²) in [5.41, 5.74) is 2.35. The first-order valence-electron chi connectivity index (χ1n) is 7.66. The fourth-order valence-electron chi connectivity index (χ4n) is 2.44. The Kier molecular flexibility index (Phi) is 5.20. The summed E-state index contributed by atoms with van der Waals surface area (Å²) in [6, 6.07) is 17.0. The van der Waals surface area contributed by atoms with E-state index in [2.05, 4.69) is 58.3 Å². The molecule has 2 aromatic carbocycles. The lowest BCUT2D eigenvalue weighted by Crippen LogP contribution is -2.36. The molecule has 0 bridgehead atoms. The van der Waals surface area contributed by atoms with Crippen molar-refractivity contribution in [3.8, 4) is 0 Å². The first-order chi connectivity index (χ1) is 11.2. The normalized spacial score (nSPS) is 12.0. The van der Waals surface area contributed by atoms with Crippen LogP contribution in [0.1, 0.15) is 18.9 Å². The van der Waals surface area contributed by atoms with Gasteiger partial charge in [-0.1, -0.05) is 30.3 Å². The lowest BCUT2D eigenvalue weighted by Gasteiger charge is -2.17. The van der Waals surface area contributed by atoms with Gasteiger partial charge in [-0.25, -0.2) is 0 Å². The minimum absolute atomic E-state index is 0.321. The number of benzene rings is 2. The van der Waals surface area contributed by atoms with Crippen LogP contribution < -0.4 is 10.6 Å². The molecule has 118 valence electrons. The monoisotopic (exact) mass is 341 g/mol. The van der Waals surface area contributed by atoms with Crippen molar-refractivity contribution in [2.75, 3.05) is 5.32 Å². The molecule has 1 aromatic heterocycles. The van der Waals surface area contributed by atoms with Gasteiger partial charge in [-0.3, -0.25) is 0 Å². The average Bonchev–Trinajstić information content (AvgIpc) is 3.01. The van der Waals surface area contributed by atoms with E-state index in [9.17, 15) is 0 Å². The Bertz CT molecular complexity index is 783. The van der Waals surface area contributed by atoms with Gasteiger partial charge in [0.1, 0.15) is 0 Å². The highest BCUT2D eigenvalue weighted by molar-refractivity contribution is 7.80. The van der Waals surface area contributed by atoms with Crippen LogP contribution in [0.4, 0.5) is 5.69 Å². The minimum Gasteiger partial charge on any atom is -0.360 e. The molecule has 0 saturated heterocycles. The predicted molar refractivity (Wildman–Crippen MR) is 103 cm³/mol. The van der Waals surface area contributed by atoms with Crippen LogP contribution in [0.2, 0.25) is 0 Å². The van der Waals surface area contributed by atoms with Crippen molar-refractivity contribution >= 4 is 44.6 Å². The molecule has 3 nitrogen and oxygen atoms in total. The van der Waals surface area contributed by atoms with Crippen molar-refractivity contribution < 1.29 is 0 Å². The molecule has 3 aromatic rings. The van der Waals surface area contributed by atoms with Crippen LogP contribution in [0.25, 0.3) is 10.1 Å². The summed E-state index contributed by atoms with van der Waals surface area (Å²) in [5, 5.41) is 8.40. The molecule has 3 rings (SSSR count). The lowest BCUT2D eigenvalue weighted by molar-refractivity contribution is 0.609. The van der Waals surface area contributed by atoms with Crippen LogP contribution in [-0.2, 0) is 6.42 Å². The third-order valence-electron chi connectivity index (χ3n) is 3.70. The van der Waals surface area contributed by atoms with Gasteiger partial charge in [-0.15, -0.1) is 0 Å². The second kappa shape index (κ2) is 7.53. The molecule has 0 amide bonds. The summed E-state index contributed by atoms with van der Waals surface area (Å²) >= 11 is 6.91. The number of rotatable bonds is 5. The molecule has 0 unspecified atom stereocenters. The van der Waals surface area contributed by atoms with Crippen LogP contribution in [0.15, 0.2) is 54.7 Å². The summed E-state index contributed by atoms with van der Waals surface area (Å²) in [6.45, 7) is 2.16. The van der Waals surface area contributed by atoms with Crippen LogP contribution in [0.3, 0.4) is 0 Å². The first-order valence-corrected chi connectivity index (χ1v) is 8.85. The van der Waals surface area contributed by atoms with E-state index < -0.39 is 0 Å². The fourth-order valence-corrected chi connectivity index (χ4v) is 3.39. The van der Waals surface area contributed by atoms with Gasteiger partial charge < -0.3 is 10.6 Å². The van der Waals surface area contributed by atoms with Crippen molar-refractivity contribution in [2.45, 2.75) is 25.8 Å². The number of anilines is 1. The number of nitrogens with zero attached hydrogens (tertiary/aromatic N) is 1. The number of hydrogen-bond donors (Lipinski definition) is 2. The quantitative estimate of drug-likeness (QED) is 0.665. The minimum atomic E-state index is 0.321. The molecule has 0 spiro atoms. The summed E-state index contributed by atoms with van der Waals surface area (Å²) in [7, 11) is 0. The number of aromatic nitrogens is 1. The van der Waals surface area contributed by atoms with E-state index in [4.69, 9.17) is 12.2 Å². The molecule has 0 aliphatic heterocycles. The van der Waals surface area contributed by atoms with Gasteiger partial charge in [0.05, 0.1) is 4.70 Å². The Balaban J connectivity index is 1.50. The third-order valence-corrected chi connectivity index (χ3v) is 4.70. The summed E-state index contributed by atoms with van der Waals surface area (Å²) in [5.74, 6) is 0. The molecule has 1 heterocycles. The van der Waals surface area contributed by atoms with Gasteiger partial charge >= 0.3 is 0 Å². The number of hydrogen-bond acceptors (Lipinski definition) is 3. The summed E-state index contributed by atoms with van der Waals surface area (Å²) in [6.07, 6.45) is 3.97. The standard InChI is InChI=1S/C18H19N3S2/c1-13(7-8-14-5-3-2-4-6-14)20-18(22)21-16-9-10-17-15(11-16)12-19-23-17/h2-6,9-13H,7-8H2,1H3,(H2,20,21,22)/t13-/m1/s1. The average molecular weight is 342 g/mol. The highest BCUT2D eigenvalue weighted by Crippen LogP contribution is 2.21. The van der Waals surface area contributed by atoms with Crippen LogP contribution in [0.5, 0.6) is 0 Å². The van der Waals surface area contributed by atoms with Crippen LogP contribution in [0, 0.1) is 0 Å². The summed E-state index contributed by atoms with van der Waals surface area (Å²) < 4.78 is 5.37. The number of aryl methyl sites for hydroxylation is 1. The Morgan fingerprint density at radius 2 is 2.04 bits per heavy atom. The highest BCUT2D eigenvalue weighted by atomic mass is 32.1. The van der Waals surface area contributed by atoms with E-state index in [0.717, 1.165) is 23.9 Å². The largest absolute Gasteiger partial charge is 0.360 e. The van der Waals surface area contributed by atoms with Crippen molar-refractivity contribution in [1.82, 2.24) is 9.69 Å². The Labute approximate surface area is 145 Å². The van der Waals surface area contributed by atoms with Gasteiger partial charge in [0.15, 0.2) is 5.11 Å². The van der Waals surface area contributed by atoms with E-state index in [-0.39, 0.29) is 0 Å². The molecule has 23 heavy (non-hydrogen) atoms. The second-order valence-corrected chi connectivity index (χ2v) is 6.84. The molecule has 0 aliphatic rings. The Morgan fingerprint density at radius 1 is 1.22 bits per heavy atom. The zero-order chi connectivity index (χ0) is 16.1. The van der Waals surface area contributed by atoms with Gasteiger partial charge in [-0.05, 0) is 67.3 Å². The number of nitrogens with one attached hydrogen (secondary N) is 2. The molecular weight excluding hydrogens is 322 g/mol. The van der Waals surface area contributed by atoms with E-state index in [1.165, 1.54) is 21.8 Å².